The van der Waals surface area contributed by atoms with Crippen molar-refractivity contribution >= 4 is 40.6 Å². The molecule has 0 aliphatic carbocycles. The van der Waals surface area contributed by atoms with Crippen LogP contribution in [0, 0.1) is 15.5 Å². The number of amides is 1. The van der Waals surface area contributed by atoms with Crippen molar-refractivity contribution in [1.29, 1.82) is 0 Å². The topological polar surface area (TPSA) is 116 Å². The molecule has 158 valence electrons. The fourth-order valence-corrected chi connectivity index (χ4v) is 2.54. The van der Waals surface area contributed by atoms with Crippen LogP contribution < -0.4 is 5.32 Å². The SMILES string of the molecule is CC(OC(=O)c1ccc(Cl)cc1[N+](=O)[O-])C(=O)c1ccc(NC(=O)C(C)(C)C)cc1. The molecular formula is C21H21ClN2O6. The maximum Gasteiger partial charge on any atom is 0.345 e. The van der Waals surface area contributed by atoms with E-state index >= 15 is 0 Å². The number of anilines is 1. The van der Waals surface area contributed by atoms with Gasteiger partial charge in [-0.15, -0.1) is 0 Å². The molecule has 1 atom stereocenters. The zero-order chi connectivity index (χ0) is 22.6. The van der Waals surface area contributed by atoms with Crippen LogP contribution in [0.5, 0.6) is 0 Å². The van der Waals surface area contributed by atoms with Crippen LogP contribution in [0.3, 0.4) is 0 Å². The first-order chi connectivity index (χ1) is 13.9. The molecule has 2 aromatic rings. The summed E-state index contributed by atoms with van der Waals surface area (Å²) in [5.74, 6) is -1.67. The van der Waals surface area contributed by atoms with Crippen LogP contribution in [0.25, 0.3) is 0 Å². The van der Waals surface area contributed by atoms with Gasteiger partial charge in [0.05, 0.1) is 4.92 Å². The fourth-order valence-electron chi connectivity index (χ4n) is 2.38. The maximum absolute atomic E-state index is 12.6. The molecule has 1 unspecified atom stereocenters. The molecule has 0 heterocycles. The molecular weight excluding hydrogens is 412 g/mol. The van der Waals surface area contributed by atoms with Gasteiger partial charge >= 0.3 is 5.97 Å². The van der Waals surface area contributed by atoms with Gasteiger partial charge in [-0.25, -0.2) is 4.79 Å². The molecule has 0 spiro atoms. The van der Waals surface area contributed by atoms with Gasteiger partial charge in [0.15, 0.2) is 6.10 Å². The Labute approximate surface area is 178 Å². The number of rotatable bonds is 6. The normalized spacial score (nSPS) is 12.0. The number of benzene rings is 2. The molecule has 0 radical (unpaired) electrons. The van der Waals surface area contributed by atoms with Crippen molar-refractivity contribution in [3.05, 3.63) is 68.7 Å². The van der Waals surface area contributed by atoms with E-state index < -0.39 is 33.9 Å². The predicted octanol–water partition coefficient (Wildman–Crippen LogP) is 4.66. The van der Waals surface area contributed by atoms with Crippen LogP contribution >= 0.6 is 11.6 Å². The molecule has 9 heteroatoms. The van der Waals surface area contributed by atoms with Gasteiger partial charge in [0.2, 0.25) is 11.7 Å². The summed E-state index contributed by atoms with van der Waals surface area (Å²) < 4.78 is 5.12. The van der Waals surface area contributed by atoms with Crippen molar-refractivity contribution in [1.82, 2.24) is 0 Å². The Bertz CT molecular complexity index is 996. The quantitative estimate of drug-likeness (QED) is 0.307. The summed E-state index contributed by atoms with van der Waals surface area (Å²) >= 11 is 5.73. The Balaban J connectivity index is 2.10. The number of nitro groups is 1. The lowest BCUT2D eigenvalue weighted by Gasteiger charge is -2.18. The summed E-state index contributed by atoms with van der Waals surface area (Å²) in [4.78, 5) is 47.3. The van der Waals surface area contributed by atoms with E-state index in [2.05, 4.69) is 5.32 Å². The van der Waals surface area contributed by atoms with E-state index in [1.165, 1.54) is 31.2 Å². The van der Waals surface area contributed by atoms with Crippen molar-refractivity contribution in [2.24, 2.45) is 5.41 Å². The number of hydrogen-bond donors (Lipinski definition) is 1. The molecule has 0 bridgehead atoms. The molecule has 8 nitrogen and oxygen atoms in total. The Kier molecular flexibility index (Phi) is 6.94. The highest BCUT2D eigenvalue weighted by molar-refractivity contribution is 6.31. The molecule has 0 aliphatic heterocycles. The van der Waals surface area contributed by atoms with Crippen molar-refractivity contribution in [3.63, 3.8) is 0 Å². The van der Waals surface area contributed by atoms with Crippen LogP contribution in [0.15, 0.2) is 42.5 Å². The smallest absolute Gasteiger partial charge is 0.345 e. The van der Waals surface area contributed by atoms with Gasteiger partial charge < -0.3 is 10.1 Å². The second-order valence-corrected chi connectivity index (χ2v) is 8.05. The van der Waals surface area contributed by atoms with Crippen molar-refractivity contribution in [3.8, 4) is 0 Å². The molecule has 1 N–H and O–H groups in total. The number of esters is 1. The lowest BCUT2D eigenvalue weighted by molar-refractivity contribution is -0.385. The van der Waals surface area contributed by atoms with Gasteiger partial charge in [-0.1, -0.05) is 32.4 Å². The van der Waals surface area contributed by atoms with E-state index in [9.17, 15) is 24.5 Å². The van der Waals surface area contributed by atoms with Crippen molar-refractivity contribution < 1.29 is 24.0 Å². The summed E-state index contributed by atoms with van der Waals surface area (Å²) in [6.07, 6.45) is -1.18. The first-order valence-electron chi connectivity index (χ1n) is 9.01. The zero-order valence-electron chi connectivity index (χ0n) is 16.9. The summed E-state index contributed by atoms with van der Waals surface area (Å²) in [6.45, 7) is 6.71. The number of carbonyl (C=O) groups excluding carboxylic acids is 3. The number of ketones is 1. The Morgan fingerprint density at radius 1 is 1.10 bits per heavy atom. The number of carbonyl (C=O) groups is 3. The lowest BCUT2D eigenvalue weighted by Crippen LogP contribution is -2.27. The molecule has 0 saturated carbocycles. The molecule has 0 saturated heterocycles. The number of nitro benzene ring substituents is 1. The van der Waals surface area contributed by atoms with Gasteiger partial charge in [0.25, 0.3) is 5.69 Å². The van der Waals surface area contributed by atoms with Crippen LogP contribution in [-0.4, -0.2) is 28.7 Å². The van der Waals surface area contributed by atoms with E-state index in [0.717, 1.165) is 6.07 Å². The Morgan fingerprint density at radius 3 is 2.23 bits per heavy atom. The number of nitrogens with zero attached hydrogens (tertiary/aromatic N) is 1. The highest BCUT2D eigenvalue weighted by Gasteiger charge is 2.26. The van der Waals surface area contributed by atoms with Gasteiger partial charge in [0, 0.05) is 27.8 Å². The molecule has 0 fully saturated rings. The molecule has 0 aliphatic rings. The molecule has 1 amide bonds. The average molecular weight is 433 g/mol. The van der Waals surface area contributed by atoms with Crippen molar-refractivity contribution in [2.75, 3.05) is 5.32 Å². The molecule has 0 aromatic heterocycles. The maximum atomic E-state index is 12.6. The lowest BCUT2D eigenvalue weighted by atomic mass is 9.95. The van der Waals surface area contributed by atoms with Crippen LogP contribution in [0.1, 0.15) is 48.4 Å². The monoisotopic (exact) mass is 432 g/mol. The summed E-state index contributed by atoms with van der Waals surface area (Å²) in [5.41, 5.74) is -0.598. The summed E-state index contributed by atoms with van der Waals surface area (Å²) in [5, 5.41) is 14.0. The molecule has 2 rings (SSSR count). The number of ether oxygens (including phenoxy) is 1. The Morgan fingerprint density at radius 2 is 1.70 bits per heavy atom. The second kappa shape index (κ2) is 9.04. The van der Waals surface area contributed by atoms with E-state index in [1.807, 2.05) is 0 Å². The van der Waals surface area contributed by atoms with E-state index in [-0.39, 0.29) is 22.1 Å². The van der Waals surface area contributed by atoms with Crippen molar-refractivity contribution in [2.45, 2.75) is 33.8 Å². The van der Waals surface area contributed by atoms with Crippen LogP contribution in [-0.2, 0) is 9.53 Å². The Hall–Kier alpha value is -3.26. The molecule has 2 aromatic carbocycles. The van der Waals surface area contributed by atoms with Crippen LogP contribution in [0.4, 0.5) is 11.4 Å². The minimum atomic E-state index is -1.18. The first kappa shape index (κ1) is 23.0. The predicted molar refractivity (Wildman–Crippen MR) is 112 cm³/mol. The number of hydrogen-bond acceptors (Lipinski definition) is 6. The highest BCUT2D eigenvalue weighted by atomic mass is 35.5. The summed E-state index contributed by atoms with van der Waals surface area (Å²) in [6, 6.07) is 9.65. The third kappa shape index (κ3) is 5.64. The van der Waals surface area contributed by atoms with Gasteiger partial charge in [-0.05, 0) is 43.3 Å². The van der Waals surface area contributed by atoms with Gasteiger partial charge in [-0.2, -0.15) is 0 Å². The van der Waals surface area contributed by atoms with Gasteiger partial charge in [0.1, 0.15) is 5.56 Å². The summed E-state index contributed by atoms with van der Waals surface area (Å²) in [7, 11) is 0. The van der Waals surface area contributed by atoms with E-state index in [4.69, 9.17) is 16.3 Å². The third-order valence-electron chi connectivity index (χ3n) is 4.14. The standard InChI is InChI=1S/C21H21ClN2O6/c1-12(30-19(26)16-10-7-14(22)11-17(16)24(28)29)18(25)13-5-8-15(9-6-13)23-20(27)21(2,3)4/h5-12H,1-4H3,(H,23,27). The van der Waals surface area contributed by atoms with Crippen LogP contribution in [0.2, 0.25) is 5.02 Å². The molecule has 30 heavy (non-hydrogen) atoms. The number of Topliss-reactive ketones (excluding diaryl/α,β-unsaturated/α-hetero) is 1. The number of halogens is 1. The second-order valence-electron chi connectivity index (χ2n) is 7.61. The van der Waals surface area contributed by atoms with Gasteiger partial charge in [-0.3, -0.25) is 19.7 Å². The average Bonchev–Trinajstić information content (AvgIpc) is 2.66. The van der Waals surface area contributed by atoms with E-state index in [1.54, 1.807) is 32.9 Å². The zero-order valence-corrected chi connectivity index (χ0v) is 17.6. The fraction of sp³-hybridized carbons (Fsp3) is 0.286. The number of nitrogens with one attached hydrogen (secondary N) is 1. The third-order valence-corrected chi connectivity index (χ3v) is 4.37. The minimum absolute atomic E-state index is 0.0982. The highest BCUT2D eigenvalue weighted by Crippen LogP contribution is 2.25. The first-order valence-corrected chi connectivity index (χ1v) is 9.38. The van der Waals surface area contributed by atoms with E-state index in [0.29, 0.717) is 5.69 Å². The largest absolute Gasteiger partial charge is 0.450 e. The minimum Gasteiger partial charge on any atom is -0.450 e.